The Morgan fingerprint density at radius 3 is 2.61 bits per heavy atom. The van der Waals surface area contributed by atoms with Gasteiger partial charge in [-0.05, 0) is 30.9 Å². The molecule has 0 amide bonds. The number of unbranched alkanes of at least 4 members (excludes halogenated alkanes) is 1. The van der Waals surface area contributed by atoms with Crippen molar-refractivity contribution in [2.75, 3.05) is 5.33 Å². The number of hydrogen-bond donors (Lipinski definition) is 1. The zero-order valence-electron chi connectivity index (χ0n) is 10.2. The zero-order valence-corrected chi connectivity index (χ0v) is 11.8. The summed E-state index contributed by atoms with van der Waals surface area (Å²) in [6.45, 7) is 0. The maximum atomic E-state index is 3.56. The van der Waals surface area contributed by atoms with Crippen molar-refractivity contribution < 1.29 is 0 Å². The standard InChI is InChI=1S/C16H16BrN/c17-11-4-3-6-12-7-5-9-14-13-8-1-2-10-15(13)18-16(12)14/h1-2,5,7-10,18H,3-4,6,11H2. The van der Waals surface area contributed by atoms with Crippen LogP contribution in [0.15, 0.2) is 42.5 Å². The summed E-state index contributed by atoms with van der Waals surface area (Å²) in [7, 11) is 0. The highest BCUT2D eigenvalue weighted by atomic mass is 79.9. The third-order valence-electron chi connectivity index (χ3n) is 3.46. The topological polar surface area (TPSA) is 15.8 Å². The minimum atomic E-state index is 1.09. The summed E-state index contributed by atoms with van der Waals surface area (Å²) in [4.78, 5) is 3.56. The molecule has 0 saturated carbocycles. The van der Waals surface area contributed by atoms with E-state index in [1.807, 2.05) is 0 Å². The normalized spacial score (nSPS) is 11.4. The lowest BCUT2D eigenvalue weighted by molar-refractivity contribution is 0.809. The van der Waals surface area contributed by atoms with Gasteiger partial charge in [0.15, 0.2) is 0 Å². The van der Waals surface area contributed by atoms with Crippen molar-refractivity contribution in [1.82, 2.24) is 4.98 Å². The number of rotatable bonds is 4. The predicted molar refractivity (Wildman–Crippen MR) is 82.5 cm³/mol. The number of aryl methyl sites for hydroxylation is 1. The van der Waals surface area contributed by atoms with Gasteiger partial charge in [-0.2, -0.15) is 0 Å². The molecule has 0 unspecified atom stereocenters. The Kier molecular flexibility index (Phi) is 3.37. The average Bonchev–Trinajstić information content (AvgIpc) is 2.79. The minimum Gasteiger partial charge on any atom is -0.354 e. The Hall–Kier alpha value is -1.28. The van der Waals surface area contributed by atoms with Gasteiger partial charge < -0.3 is 4.98 Å². The van der Waals surface area contributed by atoms with Gasteiger partial charge in [-0.15, -0.1) is 0 Å². The number of hydrogen-bond acceptors (Lipinski definition) is 0. The molecule has 0 aliphatic heterocycles. The van der Waals surface area contributed by atoms with E-state index in [1.54, 1.807) is 0 Å². The van der Waals surface area contributed by atoms with E-state index in [-0.39, 0.29) is 0 Å². The van der Waals surface area contributed by atoms with E-state index >= 15 is 0 Å². The molecule has 2 aromatic carbocycles. The summed E-state index contributed by atoms with van der Waals surface area (Å²) >= 11 is 3.49. The lowest BCUT2D eigenvalue weighted by Gasteiger charge is -2.02. The highest BCUT2D eigenvalue weighted by molar-refractivity contribution is 9.09. The quantitative estimate of drug-likeness (QED) is 0.513. The summed E-state index contributed by atoms with van der Waals surface area (Å²) < 4.78 is 0. The fraction of sp³-hybridized carbons (Fsp3) is 0.250. The van der Waals surface area contributed by atoms with E-state index in [0.29, 0.717) is 0 Å². The number of fused-ring (bicyclic) bond motifs is 3. The Labute approximate surface area is 115 Å². The Morgan fingerprint density at radius 1 is 0.889 bits per heavy atom. The first-order valence-electron chi connectivity index (χ1n) is 6.44. The second kappa shape index (κ2) is 5.15. The summed E-state index contributed by atoms with van der Waals surface area (Å²) in [6.07, 6.45) is 3.62. The molecular formula is C16H16BrN. The van der Waals surface area contributed by atoms with Crippen LogP contribution in [0.5, 0.6) is 0 Å². The van der Waals surface area contributed by atoms with Gasteiger partial charge in [0.25, 0.3) is 0 Å². The fourth-order valence-electron chi connectivity index (χ4n) is 2.55. The highest BCUT2D eigenvalue weighted by Gasteiger charge is 2.06. The van der Waals surface area contributed by atoms with Crippen molar-refractivity contribution in [2.45, 2.75) is 19.3 Å². The second-order valence-electron chi connectivity index (χ2n) is 4.66. The molecule has 0 radical (unpaired) electrons. The molecule has 1 nitrogen and oxygen atoms in total. The van der Waals surface area contributed by atoms with Gasteiger partial charge in [0.2, 0.25) is 0 Å². The highest BCUT2D eigenvalue weighted by Crippen LogP contribution is 2.28. The molecule has 2 heteroatoms. The van der Waals surface area contributed by atoms with Gasteiger partial charge in [-0.3, -0.25) is 0 Å². The van der Waals surface area contributed by atoms with Crippen molar-refractivity contribution in [2.24, 2.45) is 0 Å². The van der Waals surface area contributed by atoms with Gasteiger partial charge in [-0.25, -0.2) is 0 Å². The van der Waals surface area contributed by atoms with Crippen LogP contribution >= 0.6 is 15.9 Å². The lowest BCUT2D eigenvalue weighted by atomic mass is 10.0. The molecule has 0 saturated heterocycles. The van der Waals surface area contributed by atoms with E-state index in [1.165, 1.54) is 40.2 Å². The molecule has 0 atom stereocenters. The smallest absolute Gasteiger partial charge is 0.0497 e. The number of H-pyrrole nitrogens is 1. The summed E-state index contributed by atoms with van der Waals surface area (Å²) in [5, 5.41) is 3.77. The number of para-hydroxylation sites is 2. The summed E-state index contributed by atoms with van der Waals surface area (Å²) in [5.41, 5.74) is 3.98. The van der Waals surface area contributed by atoms with Crippen LogP contribution in [0.2, 0.25) is 0 Å². The lowest BCUT2D eigenvalue weighted by Crippen LogP contribution is -1.87. The number of aromatic amines is 1. The average molecular weight is 302 g/mol. The largest absolute Gasteiger partial charge is 0.354 e. The number of alkyl halides is 1. The van der Waals surface area contributed by atoms with Crippen molar-refractivity contribution in [3.8, 4) is 0 Å². The van der Waals surface area contributed by atoms with Gasteiger partial charge in [0.1, 0.15) is 0 Å². The molecule has 0 spiro atoms. The second-order valence-corrected chi connectivity index (χ2v) is 5.45. The number of halogens is 1. The molecule has 1 heterocycles. The molecule has 0 fully saturated rings. The molecule has 18 heavy (non-hydrogen) atoms. The molecule has 0 aliphatic rings. The molecule has 1 N–H and O–H groups in total. The van der Waals surface area contributed by atoms with E-state index < -0.39 is 0 Å². The maximum Gasteiger partial charge on any atom is 0.0497 e. The van der Waals surface area contributed by atoms with Crippen molar-refractivity contribution >= 4 is 37.7 Å². The van der Waals surface area contributed by atoms with Crippen molar-refractivity contribution in [3.05, 3.63) is 48.0 Å². The summed E-state index contributed by atoms with van der Waals surface area (Å²) in [6, 6.07) is 15.2. The van der Waals surface area contributed by atoms with Crippen molar-refractivity contribution in [1.29, 1.82) is 0 Å². The number of aromatic nitrogens is 1. The number of benzene rings is 2. The van der Waals surface area contributed by atoms with E-state index in [2.05, 4.69) is 63.4 Å². The van der Waals surface area contributed by atoms with Gasteiger partial charge in [-0.1, -0.05) is 52.3 Å². The van der Waals surface area contributed by atoms with E-state index in [9.17, 15) is 0 Å². The molecule has 3 aromatic rings. The molecule has 92 valence electrons. The van der Waals surface area contributed by atoms with Crippen LogP contribution in [0.3, 0.4) is 0 Å². The van der Waals surface area contributed by atoms with Gasteiger partial charge >= 0.3 is 0 Å². The van der Waals surface area contributed by atoms with Crippen molar-refractivity contribution in [3.63, 3.8) is 0 Å². The third-order valence-corrected chi connectivity index (χ3v) is 4.02. The first-order valence-corrected chi connectivity index (χ1v) is 7.56. The van der Waals surface area contributed by atoms with Crippen LogP contribution in [0.25, 0.3) is 21.8 Å². The minimum absolute atomic E-state index is 1.09. The number of nitrogens with one attached hydrogen (secondary N) is 1. The molecule has 0 aliphatic carbocycles. The van der Waals surface area contributed by atoms with Crippen LogP contribution in [0.4, 0.5) is 0 Å². The first kappa shape index (κ1) is 11.8. The monoisotopic (exact) mass is 301 g/mol. The molecule has 0 bridgehead atoms. The van der Waals surface area contributed by atoms with Crippen LogP contribution in [-0.2, 0) is 6.42 Å². The third kappa shape index (κ3) is 2.05. The maximum absolute atomic E-state index is 3.56. The molecular weight excluding hydrogens is 286 g/mol. The first-order chi connectivity index (χ1) is 8.90. The Balaban J connectivity index is 2.09. The van der Waals surface area contributed by atoms with Crippen LogP contribution in [-0.4, -0.2) is 10.3 Å². The SMILES string of the molecule is BrCCCCc1cccc2c1[nH]c1ccccc12. The van der Waals surface area contributed by atoms with Crippen LogP contribution in [0.1, 0.15) is 18.4 Å². The summed E-state index contributed by atoms with van der Waals surface area (Å²) in [5.74, 6) is 0. The van der Waals surface area contributed by atoms with E-state index in [4.69, 9.17) is 0 Å². The Bertz CT molecular complexity index is 669. The van der Waals surface area contributed by atoms with Gasteiger partial charge in [0, 0.05) is 27.1 Å². The molecule has 1 aromatic heterocycles. The van der Waals surface area contributed by atoms with Gasteiger partial charge in [0.05, 0.1) is 0 Å². The Morgan fingerprint density at radius 2 is 1.72 bits per heavy atom. The fourth-order valence-corrected chi connectivity index (χ4v) is 2.95. The molecule has 3 rings (SSSR count). The predicted octanol–water partition coefficient (Wildman–Crippen LogP) is 5.04. The zero-order chi connectivity index (χ0) is 12.4. The van der Waals surface area contributed by atoms with Crippen LogP contribution in [0, 0.1) is 0 Å². The van der Waals surface area contributed by atoms with E-state index in [0.717, 1.165) is 11.8 Å². The van der Waals surface area contributed by atoms with Crippen LogP contribution < -0.4 is 0 Å².